The maximum Gasteiger partial charge on any atom is 0.237 e. The van der Waals surface area contributed by atoms with Crippen LogP contribution in [-0.4, -0.2) is 21.3 Å². The zero-order valence-electron chi connectivity index (χ0n) is 12.6. The third-order valence-electron chi connectivity index (χ3n) is 3.86. The molecule has 1 aromatic heterocycles. The molecule has 0 saturated carbocycles. The molecule has 2 N–H and O–H groups in total. The fourth-order valence-corrected chi connectivity index (χ4v) is 2.72. The fourth-order valence-electron chi connectivity index (χ4n) is 2.72. The molecular formula is C19H15N3O. The lowest BCUT2D eigenvalue weighted by atomic mass is 10.1. The molecular weight excluding hydrogens is 286 g/mol. The van der Waals surface area contributed by atoms with Crippen molar-refractivity contribution < 1.29 is 5.11 Å². The van der Waals surface area contributed by atoms with Gasteiger partial charge in [-0.1, -0.05) is 42.0 Å². The summed E-state index contributed by atoms with van der Waals surface area (Å²) in [6.45, 7) is 2.03. The van der Waals surface area contributed by atoms with Crippen LogP contribution < -0.4 is 0 Å². The number of nitrogens with zero attached hydrogens (tertiary/aromatic N) is 2. The first-order chi connectivity index (χ1) is 11.2. The molecule has 4 nitrogen and oxygen atoms in total. The van der Waals surface area contributed by atoms with E-state index >= 15 is 0 Å². The fraction of sp³-hybridized carbons (Fsp3) is 0.0526. The van der Waals surface area contributed by atoms with Gasteiger partial charge in [-0.2, -0.15) is 4.98 Å². The number of aliphatic imine (C=N–C) groups is 1. The van der Waals surface area contributed by atoms with Crippen LogP contribution in [0.1, 0.15) is 16.8 Å². The minimum Gasteiger partial charge on any atom is -0.492 e. The van der Waals surface area contributed by atoms with Crippen LogP contribution in [0.2, 0.25) is 0 Å². The van der Waals surface area contributed by atoms with Gasteiger partial charge in [-0.25, -0.2) is 0 Å². The Hall–Kier alpha value is -3.14. The first kappa shape index (κ1) is 13.5. The van der Waals surface area contributed by atoms with Crippen LogP contribution in [0.15, 0.2) is 53.5 Å². The Morgan fingerprint density at radius 1 is 1.09 bits per heavy atom. The van der Waals surface area contributed by atoms with Crippen LogP contribution in [0.25, 0.3) is 23.0 Å². The third-order valence-corrected chi connectivity index (χ3v) is 3.86. The van der Waals surface area contributed by atoms with Crippen molar-refractivity contribution >= 4 is 23.6 Å². The van der Waals surface area contributed by atoms with Crippen molar-refractivity contribution in [3.05, 3.63) is 65.4 Å². The molecule has 23 heavy (non-hydrogen) atoms. The predicted molar refractivity (Wildman–Crippen MR) is 92.9 cm³/mol. The van der Waals surface area contributed by atoms with Crippen LogP contribution in [0.3, 0.4) is 0 Å². The highest BCUT2D eigenvalue weighted by atomic mass is 16.3. The number of nitrogens with one attached hydrogen (secondary N) is 1. The van der Waals surface area contributed by atoms with E-state index in [1.165, 1.54) is 0 Å². The number of fused-ring (bicyclic) bond motifs is 1. The van der Waals surface area contributed by atoms with Crippen molar-refractivity contribution in [3.63, 3.8) is 0 Å². The maximum atomic E-state index is 10.1. The largest absolute Gasteiger partial charge is 0.492 e. The van der Waals surface area contributed by atoms with Gasteiger partial charge in [0.2, 0.25) is 5.88 Å². The van der Waals surface area contributed by atoms with Gasteiger partial charge in [-0.15, -0.1) is 0 Å². The van der Waals surface area contributed by atoms with Gasteiger partial charge >= 0.3 is 0 Å². The van der Waals surface area contributed by atoms with Gasteiger partial charge in [-0.05, 0) is 25.1 Å². The van der Waals surface area contributed by atoms with Crippen LogP contribution in [0, 0.1) is 6.92 Å². The molecule has 3 aromatic rings. The quantitative estimate of drug-likeness (QED) is 0.739. The van der Waals surface area contributed by atoms with Gasteiger partial charge in [0.15, 0.2) is 0 Å². The lowest BCUT2D eigenvalue weighted by Gasteiger charge is -1.99. The zero-order chi connectivity index (χ0) is 15.8. The lowest BCUT2D eigenvalue weighted by Crippen LogP contribution is -1.83. The van der Waals surface area contributed by atoms with Crippen LogP contribution in [-0.2, 0) is 0 Å². The molecule has 0 atom stereocenters. The summed E-state index contributed by atoms with van der Waals surface area (Å²) in [5, 5.41) is 10.1. The van der Waals surface area contributed by atoms with Gasteiger partial charge < -0.3 is 10.1 Å². The summed E-state index contributed by atoms with van der Waals surface area (Å²) in [7, 11) is 0. The molecule has 0 bridgehead atoms. The zero-order valence-corrected chi connectivity index (χ0v) is 12.6. The number of H-pyrrole nitrogens is 1. The highest BCUT2D eigenvalue weighted by molar-refractivity contribution is 6.21. The highest BCUT2D eigenvalue weighted by Gasteiger charge is 2.14. The third kappa shape index (κ3) is 2.44. The number of aromatic hydroxyl groups is 1. The molecule has 0 fully saturated rings. The second-order valence-electron chi connectivity index (χ2n) is 5.57. The Morgan fingerprint density at radius 2 is 1.96 bits per heavy atom. The summed E-state index contributed by atoms with van der Waals surface area (Å²) in [5.41, 5.74) is 5.63. The van der Waals surface area contributed by atoms with Gasteiger partial charge in [0.05, 0.1) is 5.69 Å². The summed E-state index contributed by atoms with van der Waals surface area (Å²) in [6, 6.07) is 15.9. The number of aromatic amines is 1. The minimum atomic E-state index is -0.00760. The topological polar surface area (TPSA) is 61.3 Å². The molecule has 4 heteroatoms. The Morgan fingerprint density at radius 3 is 2.83 bits per heavy atom. The summed E-state index contributed by atoms with van der Waals surface area (Å²) in [5.74, 6) is 0.646. The number of benzene rings is 2. The maximum absolute atomic E-state index is 10.1. The van der Waals surface area contributed by atoms with Crippen molar-refractivity contribution in [1.82, 2.24) is 9.97 Å². The molecule has 2 aromatic carbocycles. The van der Waals surface area contributed by atoms with Crippen molar-refractivity contribution in [3.8, 4) is 17.3 Å². The number of hydrogen-bond acceptors (Lipinski definition) is 3. The highest BCUT2D eigenvalue weighted by Crippen LogP contribution is 2.33. The molecule has 112 valence electrons. The lowest BCUT2D eigenvalue weighted by molar-refractivity contribution is 0.455. The monoisotopic (exact) mass is 301 g/mol. The van der Waals surface area contributed by atoms with Crippen LogP contribution in [0.5, 0.6) is 5.88 Å². The van der Waals surface area contributed by atoms with E-state index < -0.39 is 0 Å². The first-order valence-electron chi connectivity index (χ1n) is 7.42. The molecule has 1 aliphatic heterocycles. The summed E-state index contributed by atoms with van der Waals surface area (Å²) < 4.78 is 0. The summed E-state index contributed by atoms with van der Waals surface area (Å²) in [4.78, 5) is 11.8. The van der Waals surface area contributed by atoms with Gasteiger partial charge in [0.25, 0.3) is 0 Å². The van der Waals surface area contributed by atoms with Crippen molar-refractivity contribution in [2.75, 3.05) is 0 Å². The van der Waals surface area contributed by atoms with E-state index in [0.29, 0.717) is 11.5 Å². The minimum absolute atomic E-state index is 0.00760. The van der Waals surface area contributed by atoms with Gasteiger partial charge in [0.1, 0.15) is 11.5 Å². The van der Waals surface area contributed by atoms with Gasteiger partial charge in [0, 0.05) is 22.9 Å². The number of rotatable bonds is 2. The van der Waals surface area contributed by atoms with Crippen LogP contribution in [0.4, 0.5) is 5.69 Å². The normalized spacial score (nSPS) is 14.4. The number of allylic oxidation sites excluding steroid dienone is 1. The Labute approximate surface area is 133 Å². The standard InChI is InChI=1S/C19H15N3O/c1-12-5-4-6-13(9-12)18-21-17(19(23)22-18)10-14-11-20-16-8-3-2-7-15(14)16/h2-11,23H,1H3,(H,21,22)/b14-10+. The number of imidazole rings is 1. The number of aromatic nitrogens is 2. The average molecular weight is 301 g/mol. The summed E-state index contributed by atoms with van der Waals surface area (Å²) in [6.07, 6.45) is 3.67. The molecule has 1 aliphatic rings. The number of hydrogen-bond donors (Lipinski definition) is 2. The van der Waals surface area contributed by atoms with E-state index in [4.69, 9.17) is 0 Å². The van der Waals surface area contributed by atoms with Crippen molar-refractivity contribution in [2.24, 2.45) is 4.99 Å². The number of para-hydroxylation sites is 1. The SMILES string of the molecule is Cc1cccc(-c2nc(O)c(/C=C3\C=Nc4ccccc43)[nH]2)c1. The summed E-state index contributed by atoms with van der Waals surface area (Å²) >= 11 is 0. The van der Waals surface area contributed by atoms with Crippen molar-refractivity contribution in [2.45, 2.75) is 6.92 Å². The van der Waals surface area contributed by atoms with E-state index in [1.54, 1.807) is 6.21 Å². The predicted octanol–water partition coefficient (Wildman–Crippen LogP) is 4.35. The molecule has 0 amide bonds. The molecule has 0 saturated heterocycles. The molecule has 0 radical (unpaired) electrons. The smallest absolute Gasteiger partial charge is 0.237 e. The van der Waals surface area contributed by atoms with E-state index in [1.807, 2.05) is 61.5 Å². The van der Waals surface area contributed by atoms with Gasteiger partial charge in [-0.3, -0.25) is 4.99 Å². The Kier molecular flexibility index (Phi) is 3.08. The molecule has 0 spiro atoms. The van der Waals surface area contributed by atoms with E-state index in [0.717, 1.165) is 28.0 Å². The van der Waals surface area contributed by atoms with E-state index in [2.05, 4.69) is 15.0 Å². The van der Waals surface area contributed by atoms with E-state index in [9.17, 15) is 5.11 Å². The molecule has 2 heterocycles. The van der Waals surface area contributed by atoms with Crippen LogP contribution >= 0.6 is 0 Å². The first-order valence-corrected chi connectivity index (χ1v) is 7.42. The second-order valence-corrected chi connectivity index (χ2v) is 5.57. The average Bonchev–Trinajstić information content (AvgIpc) is 3.13. The van der Waals surface area contributed by atoms with Crippen molar-refractivity contribution in [1.29, 1.82) is 0 Å². The Bertz CT molecular complexity index is 951. The second kappa shape index (κ2) is 5.25. The molecule has 4 rings (SSSR count). The molecule has 0 unspecified atom stereocenters. The number of aryl methyl sites for hydroxylation is 1. The molecule has 0 aliphatic carbocycles. The Balaban J connectivity index is 1.75. The van der Waals surface area contributed by atoms with E-state index in [-0.39, 0.29) is 5.88 Å².